The summed E-state index contributed by atoms with van der Waals surface area (Å²) in [4.78, 5) is 15.4. The number of methoxy groups -OCH3 is 1. The van der Waals surface area contributed by atoms with E-state index in [1.165, 1.54) is 13.1 Å². The van der Waals surface area contributed by atoms with Crippen LogP contribution in [-0.4, -0.2) is 74.5 Å². The average Bonchev–Trinajstić information content (AvgIpc) is 3.30. The number of halogens is 1. The molecule has 4 aromatic rings. The van der Waals surface area contributed by atoms with E-state index in [9.17, 15) is 12.8 Å². The molecule has 11 nitrogen and oxygen atoms in total. The lowest BCUT2D eigenvalue weighted by atomic mass is 10.2. The van der Waals surface area contributed by atoms with Crippen LogP contribution in [0.3, 0.4) is 0 Å². The molecule has 0 spiro atoms. The molecule has 38 heavy (non-hydrogen) atoms. The predicted molar refractivity (Wildman–Crippen MR) is 145 cm³/mol. The van der Waals surface area contributed by atoms with Gasteiger partial charge in [-0.25, -0.2) is 22.8 Å². The van der Waals surface area contributed by atoms with Crippen LogP contribution in [0.5, 0.6) is 5.75 Å². The van der Waals surface area contributed by atoms with E-state index in [4.69, 9.17) is 4.74 Å². The Morgan fingerprint density at radius 3 is 2.68 bits per heavy atom. The van der Waals surface area contributed by atoms with Crippen LogP contribution in [0.25, 0.3) is 11.0 Å². The van der Waals surface area contributed by atoms with E-state index in [0.29, 0.717) is 17.2 Å². The third-order valence-electron chi connectivity index (χ3n) is 6.44. The van der Waals surface area contributed by atoms with E-state index in [1.54, 1.807) is 24.1 Å². The fourth-order valence-corrected chi connectivity index (χ4v) is 4.90. The van der Waals surface area contributed by atoms with Crippen LogP contribution in [0.2, 0.25) is 0 Å². The largest absolute Gasteiger partial charge is 0.495 e. The number of pyridine rings is 1. The summed E-state index contributed by atoms with van der Waals surface area (Å²) in [5.74, 6) is 0.722. The van der Waals surface area contributed by atoms with Crippen molar-refractivity contribution in [3.8, 4) is 5.75 Å². The van der Waals surface area contributed by atoms with E-state index in [0.717, 1.165) is 65.4 Å². The van der Waals surface area contributed by atoms with Crippen molar-refractivity contribution in [1.29, 1.82) is 0 Å². The van der Waals surface area contributed by atoms with Crippen molar-refractivity contribution in [1.82, 2.24) is 24.8 Å². The maximum Gasteiger partial charge on any atom is 0.233 e. The first kappa shape index (κ1) is 25.7. The Morgan fingerprint density at radius 1 is 1.16 bits per heavy atom. The van der Waals surface area contributed by atoms with E-state index in [-0.39, 0.29) is 12.4 Å². The molecule has 13 heteroatoms. The van der Waals surface area contributed by atoms with Gasteiger partial charge in [0.1, 0.15) is 23.0 Å². The maximum atomic E-state index is 14.1. The fraction of sp³-hybridized carbons (Fsp3) is 0.320. The van der Waals surface area contributed by atoms with Crippen LogP contribution < -0.4 is 24.6 Å². The number of fused-ring (bicyclic) bond motifs is 1. The molecule has 1 aromatic carbocycles. The van der Waals surface area contributed by atoms with Gasteiger partial charge in [-0.2, -0.15) is 4.98 Å². The Labute approximate surface area is 220 Å². The van der Waals surface area contributed by atoms with Crippen molar-refractivity contribution >= 4 is 44.2 Å². The highest BCUT2D eigenvalue weighted by molar-refractivity contribution is 7.92. The second kappa shape index (κ2) is 10.4. The molecule has 5 rings (SSSR count). The molecule has 1 saturated heterocycles. The lowest BCUT2D eigenvalue weighted by Crippen LogP contribution is -2.43. The molecule has 0 amide bonds. The summed E-state index contributed by atoms with van der Waals surface area (Å²) in [6, 6.07) is 9.01. The molecule has 200 valence electrons. The summed E-state index contributed by atoms with van der Waals surface area (Å²) < 4.78 is 46.8. The second-order valence-electron chi connectivity index (χ2n) is 9.03. The standard InChI is InChI=1S/C25H29FN8O3S/c1-32(38(3,35)36)23-18(12-19(26)15-28-23)16-34-9-6-17-14-29-25(31-24(17)34)30-20-4-5-21(22(13-20)37-2)33-10-7-27-8-11-33/h4-6,9,12-15,27H,7-8,10-11,16H2,1-3H3,(H,29,30,31). The van der Waals surface area contributed by atoms with Gasteiger partial charge in [-0.15, -0.1) is 0 Å². The van der Waals surface area contributed by atoms with Gasteiger partial charge in [-0.05, 0) is 24.3 Å². The number of piperazine rings is 1. The number of hydrogen-bond acceptors (Lipinski definition) is 9. The zero-order valence-corrected chi connectivity index (χ0v) is 22.2. The summed E-state index contributed by atoms with van der Waals surface area (Å²) in [5.41, 5.74) is 2.80. The first-order valence-electron chi connectivity index (χ1n) is 12.0. The predicted octanol–water partition coefficient (Wildman–Crippen LogP) is 2.57. The SMILES string of the molecule is COc1cc(Nc2ncc3ccn(Cc4cc(F)cnc4N(C)S(C)(=O)=O)c3n2)ccc1N1CCNCC1. The Morgan fingerprint density at radius 2 is 1.95 bits per heavy atom. The van der Waals surface area contributed by atoms with Crippen LogP contribution in [0.15, 0.2) is 48.9 Å². The minimum Gasteiger partial charge on any atom is -0.495 e. The number of nitrogens with zero attached hydrogens (tertiary/aromatic N) is 6. The number of rotatable bonds is 8. The number of nitrogens with one attached hydrogen (secondary N) is 2. The minimum atomic E-state index is -3.58. The highest BCUT2D eigenvalue weighted by Crippen LogP contribution is 2.32. The van der Waals surface area contributed by atoms with E-state index < -0.39 is 15.8 Å². The summed E-state index contributed by atoms with van der Waals surface area (Å²) in [6.07, 6.45) is 5.56. The smallest absolute Gasteiger partial charge is 0.233 e. The summed E-state index contributed by atoms with van der Waals surface area (Å²) in [7, 11) is -0.546. The minimum absolute atomic E-state index is 0.153. The average molecular weight is 541 g/mol. The molecular formula is C25H29FN8O3S. The van der Waals surface area contributed by atoms with Crippen LogP contribution >= 0.6 is 0 Å². The quantitative estimate of drug-likeness (QED) is 0.348. The van der Waals surface area contributed by atoms with Crippen molar-refractivity contribution in [2.24, 2.45) is 0 Å². The Kier molecular flexibility index (Phi) is 7.04. The van der Waals surface area contributed by atoms with E-state index >= 15 is 0 Å². The molecule has 0 atom stereocenters. The molecule has 2 N–H and O–H groups in total. The third kappa shape index (κ3) is 5.34. The van der Waals surface area contributed by atoms with Gasteiger partial charge in [0, 0.05) is 68.3 Å². The monoisotopic (exact) mass is 540 g/mol. The van der Waals surface area contributed by atoms with Crippen LogP contribution in [0, 0.1) is 5.82 Å². The first-order valence-corrected chi connectivity index (χ1v) is 13.9. The first-order chi connectivity index (χ1) is 18.2. The van der Waals surface area contributed by atoms with Gasteiger partial charge in [0.15, 0.2) is 0 Å². The van der Waals surface area contributed by atoms with Crippen molar-refractivity contribution < 1.29 is 17.5 Å². The normalized spacial score (nSPS) is 14.1. The Balaban J connectivity index is 1.42. The van der Waals surface area contributed by atoms with Gasteiger partial charge < -0.3 is 24.8 Å². The zero-order chi connectivity index (χ0) is 26.9. The van der Waals surface area contributed by atoms with E-state index in [1.807, 2.05) is 24.3 Å². The summed E-state index contributed by atoms with van der Waals surface area (Å²) in [6.45, 7) is 3.82. The summed E-state index contributed by atoms with van der Waals surface area (Å²) >= 11 is 0. The number of ether oxygens (including phenoxy) is 1. The van der Waals surface area contributed by atoms with Gasteiger partial charge in [-0.1, -0.05) is 0 Å². The van der Waals surface area contributed by atoms with Crippen LogP contribution in [0.1, 0.15) is 5.56 Å². The van der Waals surface area contributed by atoms with Crippen molar-refractivity contribution in [3.05, 3.63) is 60.3 Å². The molecule has 4 heterocycles. The van der Waals surface area contributed by atoms with Gasteiger partial charge in [0.2, 0.25) is 16.0 Å². The maximum absolute atomic E-state index is 14.1. The molecule has 1 fully saturated rings. The molecule has 0 bridgehead atoms. The molecular weight excluding hydrogens is 511 g/mol. The molecule has 0 unspecified atom stereocenters. The lowest BCUT2D eigenvalue weighted by Gasteiger charge is -2.30. The van der Waals surface area contributed by atoms with Crippen LogP contribution in [-0.2, 0) is 16.6 Å². The number of anilines is 4. The highest BCUT2D eigenvalue weighted by atomic mass is 32.2. The van der Waals surface area contributed by atoms with Crippen molar-refractivity contribution in [2.45, 2.75) is 6.54 Å². The third-order valence-corrected chi connectivity index (χ3v) is 7.61. The van der Waals surface area contributed by atoms with Crippen molar-refractivity contribution in [3.63, 3.8) is 0 Å². The van der Waals surface area contributed by atoms with Gasteiger partial charge in [-0.3, -0.25) is 4.31 Å². The molecule has 0 aliphatic carbocycles. The summed E-state index contributed by atoms with van der Waals surface area (Å²) in [5, 5.41) is 7.37. The van der Waals surface area contributed by atoms with Crippen LogP contribution in [0.4, 0.5) is 27.5 Å². The van der Waals surface area contributed by atoms with Gasteiger partial charge in [0.25, 0.3) is 0 Å². The van der Waals surface area contributed by atoms with Crippen molar-refractivity contribution in [2.75, 3.05) is 61.1 Å². The Hall–Kier alpha value is -3.97. The molecule has 1 aliphatic rings. The molecule has 0 radical (unpaired) electrons. The number of hydrogen-bond donors (Lipinski definition) is 2. The van der Waals surface area contributed by atoms with Gasteiger partial charge >= 0.3 is 0 Å². The number of aromatic nitrogens is 4. The lowest BCUT2D eigenvalue weighted by molar-refractivity contribution is 0.413. The van der Waals surface area contributed by atoms with E-state index in [2.05, 4.69) is 30.5 Å². The fourth-order valence-electron chi connectivity index (χ4n) is 4.42. The molecule has 3 aromatic heterocycles. The highest BCUT2D eigenvalue weighted by Gasteiger charge is 2.20. The zero-order valence-electron chi connectivity index (χ0n) is 21.3. The number of benzene rings is 1. The molecule has 0 saturated carbocycles. The number of sulfonamides is 1. The Bertz CT molecular complexity index is 1570. The topological polar surface area (TPSA) is 118 Å². The molecule has 1 aliphatic heterocycles. The second-order valence-corrected chi connectivity index (χ2v) is 11.0. The van der Waals surface area contributed by atoms with Gasteiger partial charge in [0.05, 0.1) is 31.8 Å².